The predicted octanol–water partition coefficient (Wildman–Crippen LogP) is 1.88. The number of hydrogen-bond donors (Lipinski definition) is 2. The quantitative estimate of drug-likeness (QED) is 0.908. The van der Waals surface area contributed by atoms with Crippen LogP contribution in [0.1, 0.15) is 30.5 Å². The molecule has 0 unspecified atom stereocenters. The Hall–Kier alpha value is -2.63. The Bertz CT molecular complexity index is 681. The number of amides is 2. The maximum absolute atomic E-state index is 12.3. The number of carbonyl (C=O) groups is 2. The number of H-pyrrole nitrogens is 1. The lowest BCUT2D eigenvalue weighted by atomic mass is 9.90. The van der Waals surface area contributed by atoms with Gasteiger partial charge in [-0.3, -0.25) is 14.7 Å². The molecule has 3 rings (SSSR count). The third-order valence-electron chi connectivity index (χ3n) is 3.97. The van der Waals surface area contributed by atoms with E-state index < -0.39 is 0 Å². The number of nitrogens with one attached hydrogen (secondary N) is 2. The second-order valence-electron chi connectivity index (χ2n) is 5.40. The molecular weight excluding hydrogens is 280 g/mol. The lowest BCUT2D eigenvalue weighted by Crippen LogP contribution is -2.40. The molecule has 6 heteroatoms. The van der Waals surface area contributed by atoms with E-state index in [-0.39, 0.29) is 24.3 Å². The van der Waals surface area contributed by atoms with Gasteiger partial charge < -0.3 is 10.2 Å². The minimum Gasteiger partial charge on any atom is -0.335 e. The minimum atomic E-state index is -0.217. The van der Waals surface area contributed by atoms with Crippen molar-refractivity contribution in [3.8, 4) is 0 Å². The van der Waals surface area contributed by atoms with Gasteiger partial charge in [0.15, 0.2) is 0 Å². The van der Waals surface area contributed by atoms with Crippen LogP contribution in [0.15, 0.2) is 36.5 Å². The Kier molecular flexibility index (Phi) is 3.91. The standard InChI is InChI=1S/C16H18N4O2/c1-11(21)20-9-7-12-4-2-3-5-13(12)14(20)10-16(22)18-15-6-8-17-19-15/h2-6,8,14H,7,9-10H2,1H3,(H2,17,18,19,22)/t14-/m1/s1. The lowest BCUT2D eigenvalue weighted by Gasteiger charge is -2.36. The summed E-state index contributed by atoms with van der Waals surface area (Å²) in [5, 5.41) is 9.26. The predicted molar refractivity (Wildman–Crippen MR) is 82.1 cm³/mol. The van der Waals surface area contributed by atoms with Gasteiger partial charge in [0.25, 0.3) is 0 Å². The van der Waals surface area contributed by atoms with E-state index in [1.807, 2.05) is 18.2 Å². The number of aromatic amines is 1. The summed E-state index contributed by atoms with van der Waals surface area (Å²) in [6, 6.07) is 9.47. The van der Waals surface area contributed by atoms with Crippen LogP contribution in [0.5, 0.6) is 0 Å². The van der Waals surface area contributed by atoms with Crippen molar-refractivity contribution in [2.45, 2.75) is 25.8 Å². The number of hydrogen-bond acceptors (Lipinski definition) is 3. The first-order valence-corrected chi connectivity index (χ1v) is 7.29. The molecule has 0 fully saturated rings. The monoisotopic (exact) mass is 298 g/mol. The van der Waals surface area contributed by atoms with E-state index in [0.29, 0.717) is 12.4 Å². The maximum atomic E-state index is 12.3. The van der Waals surface area contributed by atoms with Crippen LogP contribution in [0.2, 0.25) is 0 Å². The zero-order chi connectivity index (χ0) is 15.5. The van der Waals surface area contributed by atoms with Crippen LogP contribution in [0, 0.1) is 0 Å². The molecule has 2 heterocycles. The second-order valence-corrected chi connectivity index (χ2v) is 5.40. The normalized spacial score (nSPS) is 17.0. The topological polar surface area (TPSA) is 78.1 Å². The first-order valence-electron chi connectivity index (χ1n) is 7.29. The highest BCUT2D eigenvalue weighted by atomic mass is 16.2. The van der Waals surface area contributed by atoms with Crippen molar-refractivity contribution >= 4 is 17.6 Å². The van der Waals surface area contributed by atoms with Crippen LogP contribution < -0.4 is 5.32 Å². The number of aromatic nitrogens is 2. The molecule has 0 aliphatic carbocycles. The van der Waals surface area contributed by atoms with E-state index in [4.69, 9.17) is 0 Å². The molecule has 1 aromatic heterocycles. The number of rotatable bonds is 3. The fourth-order valence-electron chi connectivity index (χ4n) is 2.95. The van der Waals surface area contributed by atoms with Crippen LogP contribution in [0.3, 0.4) is 0 Å². The van der Waals surface area contributed by atoms with E-state index in [2.05, 4.69) is 21.6 Å². The summed E-state index contributed by atoms with van der Waals surface area (Å²) in [5.41, 5.74) is 2.27. The second kappa shape index (κ2) is 6.01. The molecule has 0 saturated heterocycles. The van der Waals surface area contributed by atoms with Gasteiger partial charge >= 0.3 is 0 Å². The van der Waals surface area contributed by atoms with E-state index in [0.717, 1.165) is 12.0 Å². The molecule has 0 saturated carbocycles. The summed E-state index contributed by atoms with van der Waals surface area (Å²) in [4.78, 5) is 25.9. The Labute approximate surface area is 128 Å². The SMILES string of the molecule is CC(=O)N1CCc2ccccc2[C@H]1CC(=O)Nc1ccn[nH]1. The molecule has 2 N–H and O–H groups in total. The van der Waals surface area contributed by atoms with E-state index in [9.17, 15) is 9.59 Å². The maximum Gasteiger partial charge on any atom is 0.227 e. The first-order chi connectivity index (χ1) is 10.6. The Balaban J connectivity index is 1.81. The summed E-state index contributed by atoms with van der Waals surface area (Å²) in [5.74, 6) is 0.412. The largest absolute Gasteiger partial charge is 0.335 e. The number of benzene rings is 1. The molecule has 114 valence electrons. The molecule has 1 aliphatic heterocycles. The van der Waals surface area contributed by atoms with Crippen molar-refractivity contribution < 1.29 is 9.59 Å². The Morgan fingerprint density at radius 2 is 2.18 bits per heavy atom. The molecule has 0 radical (unpaired) electrons. The van der Waals surface area contributed by atoms with Gasteiger partial charge in [0.05, 0.1) is 18.7 Å². The van der Waals surface area contributed by atoms with Gasteiger partial charge in [-0.05, 0) is 17.5 Å². The van der Waals surface area contributed by atoms with Gasteiger partial charge in [-0.1, -0.05) is 24.3 Å². The fraction of sp³-hybridized carbons (Fsp3) is 0.312. The van der Waals surface area contributed by atoms with Gasteiger partial charge in [0.1, 0.15) is 5.82 Å². The first kappa shape index (κ1) is 14.3. The van der Waals surface area contributed by atoms with Crippen LogP contribution >= 0.6 is 0 Å². The summed E-state index contributed by atoms with van der Waals surface area (Å²) >= 11 is 0. The van der Waals surface area contributed by atoms with E-state index >= 15 is 0 Å². The number of anilines is 1. The molecule has 0 bridgehead atoms. The van der Waals surface area contributed by atoms with Gasteiger partial charge in [0.2, 0.25) is 11.8 Å². The van der Waals surface area contributed by atoms with Crippen LogP contribution in [0.4, 0.5) is 5.82 Å². The van der Waals surface area contributed by atoms with Gasteiger partial charge in [-0.25, -0.2) is 0 Å². The van der Waals surface area contributed by atoms with Gasteiger partial charge in [-0.2, -0.15) is 5.10 Å². The van der Waals surface area contributed by atoms with E-state index in [1.165, 1.54) is 5.56 Å². The number of nitrogens with zero attached hydrogens (tertiary/aromatic N) is 2. The average molecular weight is 298 g/mol. The molecule has 2 amide bonds. The summed E-state index contributed by atoms with van der Waals surface area (Å²) < 4.78 is 0. The summed E-state index contributed by atoms with van der Waals surface area (Å²) in [6.07, 6.45) is 2.64. The third kappa shape index (κ3) is 2.86. The van der Waals surface area contributed by atoms with Crippen molar-refractivity contribution in [1.29, 1.82) is 0 Å². The molecule has 2 aromatic rings. The molecule has 1 atom stereocenters. The third-order valence-corrected chi connectivity index (χ3v) is 3.97. The van der Waals surface area contributed by atoms with Crippen LogP contribution in [-0.4, -0.2) is 33.5 Å². The zero-order valence-electron chi connectivity index (χ0n) is 12.4. The van der Waals surface area contributed by atoms with Crippen molar-refractivity contribution in [3.63, 3.8) is 0 Å². The van der Waals surface area contributed by atoms with Crippen LogP contribution in [-0.2, 0) is 16.0 Å². The Morgan fingerprint density at radius 1 is 1.36 bits per heavy atom. The minimum absolute atomic E-state index is 0.00570. The molecule has 22 heavy (non-hydrogen) atoms. The van der Waals surface area contributed by atoms with Crippen LogP contribution in [0.25, 0.3) is 0 Å². The fourth-order valence-corrected chi connectivity index (χ4v) is 2.95. The molecule has 6 nitrogen and oxygen atoms in total. The zero-order valence-corrected chi connectivity index (χ0v) is 12.4. The molecule has 0 spiro atoms. The van der Waals surface area contributed by atoms with Crippen molar-refractivity contribution in [2.24, 2.45) is 0 Å². The van der Waals surface area contributed by atoms with Gasteiger partial charge in [-0.15, -0.1) is 0 Å². The summed E-state index contributed by atoms with van der Waals surface area (Å²) in [6.45, 7) is 2.20. The van der Waals surface area contributed by atoms with Crippen molar-refractivity contribution in [1.82, 2.24) is 15.1 Å². The highest BCUT2D eigenvalue weighted by molar-refractivity contribution is 5.90. The number of fused-ring (bicyclic) bond motifs is 1. The highest BCUT2D eigenvalue weighted by Crippen LogP contribution is 2.32. The molecule has 1 aromatic carbocycles. The Morgan fingerprint density at radius 3 is 2.91 bits per heavy atom. The average Bonchev–Trinajstić information content (AvgIpc) is 3.00. The molecule has 1 aliphatic rings. The van der Waals surface area contributed by atoms with Crippen molar-refractivity contribution in [2.75, 3.05) is 11.9 Å². The number of carbonyl (C=O) groups excluding carboxylic acids is 2. The smallest absolute Gasteiger partial charge is 0.227 e. The van der Waals surface area contributed by atoms with Crippen molar-refractivity contribution in [3.05, 3.63) is 47.7 Å². The highest BCUT2D eigenvalue weighted by Gasteiger charge is 2.30. The molecular formula is C16H18N4O2. The van der Waals surface area contributed by atoms with Gasteiger partial charge in [0, 0.05) is 19.5 Å². The van der Waals surface area contributed by atoms with E-state index in [1.54, 1.807) is 24.1 Å². The lowest BCUT2D eigenvalue weighted by molar-refractivity contribution is -0.132. The summed E-state index contributed by atoms with van der Waals surface area (Å²) in [7, 11) is 0.